The lowest BCUT2D eigenvalue weighted by Gasteiger charge is -2.25. The van der Waals surface area contributed by atoms with Crippen molar-refractivity contribution in [2.45, 2.75) is 38.3 Å². The Morgan fingerprint density at radius 2 is 1.96 bits per heavy atom. The van der Waals surface area contributed by atoms with Gasteiger partial charge >= 0.3 is 11.1 Å². The van der Waals surface area contributed by atoms with Crippen LogP contribution in [0.5, 0.6) is 0 Å². The first kappa shape index (κ1) is 16.3. The third kappa shape index (κ3) is 2.60. The number of amides is 1. The molecule has 1 aliphatic carbocycles. The molecule has 1 saturated carbocycles. The minimum absolute atomic E-state index is 0.0217. The molecule has 140 valence electrons. The normalized spacial score (nSPS) is 23.8. The van der Waals surface area contributed by atoms with Crippen molar-refractivity contribution in [1.29, 1.82) is 0 Å². The standard InChI is InChI=1S/C18H20N6O3/c25-16(14-6-19-4-5-20-14)22-8-12-9-23-15(13(12)10-22)21-24(18(27)17(23)26)7-11-2-1-3-11/h4-6,11-13H,1-3,7-10H2/t12-,13+/m0/s1. The number of nitrogens with zero attached hydrogens (tertiary/aromatic N) is 6. The molecule has 1 amide bonds. The van der Waals surface area contributed by atoms with Crippen molar-refractivity contribution in [3.63, 3.8) is 0 Å². The lowest BCUT2D eigenvalue weighted by molar-refractivity contribution is 0.0776. The Morgan fingerprint density at radius 1 is 1.11 bits per heavy atom. The van der Waals surface area contributed by atoms with Crippen LogP contribution < -0.4 is 11.1 Å². The second-order valence-corrected chi connectivity index (χ2v) is 7.73. The smallest absolute Gasteiger partial charge is 0.332 e. The van der Waals surface area contributed by atoms with Gasteiger partial charge in [-0.15, -0.1) is 0 Å². The fraction of sp³-hybridized carbons (Fsp3) is 0.556. The average molecular weight is 368 g/mol. The van der Waals surface area contributed by atoms with Crippen molar-refractivity contribution in [3.8, 4) is 0 Å². The van der Waals surface area contributed by atoms with Crippen molar-refractivity contribution >= 4 is 5.91 Å². The zero-order valence-corrected chi connectivity index (χ0v) is 14.8. The van der Waals surface area contributed by atoms with E-state index in [-0.39, 0.29) is 17.7 Å². The molecule has 2 atom stereocenters. The van der Waals surface area contributed by atoms with Gasteiger partial charge in [-0.25, -0.2) is 9.67 Å². The van der Waals surface area contributed by atoms with Crippen LogP contribution >= 0.6 is 0 Å². The van der Waals surface area contributed by atoms with Gasteiger partial charge in [-0.3, -0.25) is 23.9 Å². The van der Waals surface area contributed by atoms with Crippen molar-refractivity contribution in [1.82, 2.24) is 29.2 Å². The van der Waals surface area contributed by atoms with Crippen molar-refractivity contribution < 1.29 is 4.79 Å². The van der Waals surface area contributed by atoms with Crippen LogP contribution in [0.2, 0.25) is 0 Å². The van der Waals surface area contributed by atoms with E-state index in [0.29, 0.717) is 43.6 Å². The third-order valence-electron chi connectivity index (χ3n) is 6.08. The largest absolute Gasteiger partial charge is 0.336 e. The van der Waals surface area contributed by atoms with Gasteiger partial charge in [-0.2, -0.15) is 5.10 Å². The van der Waals surface area contributed by atoms with E-state index >= 15 is 0 Å². The van der Waals surface area contributed by atoms with Crippen LogP contribution in [0.1, 0.15) is 41.5 Å². The molecule has 2 fully saturated rings. The van der Waals surface area contributed by atoms with Crippen LogP contribution in [0.25, 0.3) is 0 Å². The van der Waals surface area contributed by atoms with E-state index < -0.39 is 11.1 Å². The predicted octanol–water partition coefficient (Wildman–Crippen LogP) is -0.135. The summed E-state index contributed by atoms with van der Waals surface area (Å²) in [6.07, 6.45) is 7.83. The van der Waals surface area contributed by atoms with Crippen molar-refractivity contribution in [3.05, 3.63) is 50.8 Å². The molecule has 5 rings (SSSR count). The molecule has 27 heavy (non-hydrogen) atoms. The van der Waals surface area contributed by atoms with Crippen LogP contribution in [-0.4, -0.2) is 48.2 Å². The second kappa shape index (κ2) is 6.11. The minimum atomic E-state index is -0.530. The SMILES string of the molecule is O=C(c1cnccn1)N1C[C@H]2Cn3c(nn(CC4CCC4)c(=O)c3=O)[C@@H]2C1. The Morgan fingerprint density at radius 3 is 2.67 bits per heavy atom. The number of carbonyl (C=O) groups is 1. The van der Waals surface area contributed by atoms with Gasteiger partial charge in [0.2, 0.25) is 0 Å². The highest BCUT2D eigenvalue weighted by Crippen LogP contribution is 2.37. The first-order valence-corrected chi connectivity index (χ1v) is 9.39. The first-order valence-electron chi connectivity index (χ1n) is 9.39. The van der Waals surface area contributed by atoms with Crippen molar-refractivity contribution in [2.24, 2.45) is 11.8 Å². The maximum Gasteiger partial charge on any atom is 0.332 e. The zero-order valence-electron chi connectivity index (χ0n) is 14.8. The summed E-state index contributed by atoms with van der Waals surface area (Å²) in [6.45, 7) is 1.96. The highest BCUT2D eigenvalue weighted by molar-refractivity contribution is 5.92. The summed E-state index contributed by atoms with van der Waals surface area (Å²) in [4.78, 5) is 47.3. The Hall–Kier alpha value is -2.84. The highest BCUT2D eigenvalue weighted by atomic mass is 16.2. The van der Waals surface area contributed by atoms with Gasteiger partial charge in [0.1, 0.15) is 11.5 Å². The molecule has 0 spiro atoms. The lowest BCUT2D eigenvalue weighted by atomic mass is 9.85. The number of rotatable bonds is 3. The molecule has 2 aliphatic heterocycles. The molecule has 9 heteroatoms. The molecule has 0 aromatic carbocycles. The summed E-state index contributed by atoms with van der Waals surface area (Å²) in [6, 6.07) is 0. The molecular formula is C18H20N6O3. The topological polar surface area (TPSA) is 103 Å². The molecule has 0 N–H and O–H groups in total. The monoisotopic (exact) mass is 368 g/mol. The van der Waals surface area contributed by atoms with Crippen LogP contribution in [0.15, 0.2) is 28.2 Å². The molecule has 2 aromatic heterocycles. The van der Waals surface area contributed by atoms with Gasteiger partial charge in [0.05, 0.1) is 6.20 Å². The Balaban J connectivity index is 1.43. The maximum atomic E-state index is 12.6. The third-order valence-corrected chi connectivity index (χ3v) is 6.08. The predicted molar refractivity (Wildman–Crippen MR) is 94.3 cm³/mol. The number of fused-ring (bicyclic) bond motifs is 3. The van der Waals surface area contributed by atoms with Gasteiger partial charge < -0.3 is 4.90 Å². The van der Waals surface area contributed by atoms with Crippen LogP contribution in [-0.2, 0) is 13.1 Å². The van der Waals surface area contributed by atoms with E-state index in [2.05, 4.69) is 15.1 Å². The summed E-state index contributed by atoms with van der Waals surface area (Å²) in [5.41, 5.74) is -0.698. The summed E-state index contributed by atoms with van der Waals surface area (Å²) in [7, 11) is 0. The van der Waals surface area contributed by atoms with E-state index in [1.165, 1.54) is 34.3 Å². The molecule has 0 unspecified atom stereocenters. The van der Waals surface area contributed by atoms with E-state index in [1.54, 1.807) is 4.90 Å². The fourth-order valence-electron chi connectivity index (χ4n) is 4.37. The molecule has 0 radical (unpaired) electrons. The highest BCUT2D eigenvalue weighted by Gasteiger charge is 2.44. The van der Waals surface area contributed by atoms with Gasteiger partial charge in [-0.1, -0.05) is 6.42 Å². The molecule has 3 aliphatic rings. The minimum Gasteiger partial charge on any atom is -0.336 e. The van der Waals surface area contributed by atoms with Crippen molar-refractivity contribution in [2.75, 3.05) is 13.1 Å². The molecule has 9 nitrogen and oxygen atoms in total. The molecular weight excluding hydrogens is 348 g/mol. The summed E-state index contributed by atoms with van der Waals surface area (Å²) < 4.78 is 2.87. The first-order chi connectivity index (χ1) is 13.1. The quantitative estimate of drug-likeness (QED) is 0.699. The number of hydrogen-bond acceptors (Lipinski definition) is 6. The lowest BCUT2D eigenvalue weighted by Crippen LogP contribution is -2.45. The average Bonchev–Trinajstić information content (AvgIpc) is 3.21. The van der Waals surface area contributed by atoms with Crippen LogP contribution in [0.4, 0.5) is 0 Å². The zero-order chi connectivity index (χ0) is 18.5. The number of likely N-dealkylation sites (tertiary alicyclic amines) is 1. The Labute approximate surface area is 154 Å². The summed E-state index contributed by atoms with van der Waals surface area (Å²) in [5, 5.41) is 4.55. The van der Waals surface area contributed by atoms with Crippen LogP contribution in [0.3, 0.4) is 0 Å². The molecule has 0 bridgehead atoms. The van der Waals surface area contributed by atoms with Gasteiger partial charge in [0.15, 0.2) is 0 Å². The number of carbonyl (C=O) groups excluding carboxylic acids is 1. The molecule has 4 heterocycles. The van der Waals surface area contributed by atoms with Gasteiger partial charge in [-0.05, 0) is 18.8 Å². The fourth-order valence-corrected chi connectivity index (χ4v) is 4.37. The Kier molecular flexibility index (Phi) is 3.70. The maximum absolute atomic E-state index is 12.6. The van der Waals surface area contributed by atoms with Gasteiger partial charge in [0.25, 0.3) is 5.91 Å². The molecule has 1 saturated heterocycles. The Bertz CT molecular complexity index is 1010. The van der Waals surface area contributed by atoms with Crippen LogP contribution in [0, 0.1) is 11.8 Å². The van der Waals surface area contributed by atoms with E-state index in [9.17, 15) is 14.4 Å². The van der Waals surface area contributed by atoms with Gasteiger partial charge in [0, 0.05) is 50.4 Å². The van der Waals surface area contributed by atoms with E-state index in [1.807, 2.05) is 0 Å². The molecule has 2 aromatic rings. The summed E-state index contributed by atoms with van der Waals surface area (Å²) >= 11 is 0. The van der Waals surface area contributed by atoms with E-state index in [4.69, 9.17) is 0 Å². The number of hydrogen-bond donors (Lipinski definition) is 0. The number of aromatic nitrogens is 5. The summed E-state index contributed by atoms with van der Waals surface area (Å²) in [5.74, 6) is 0.997. The second-order valence-electron chi connectivity index (χ2n) is 7.73. The van der Waals surface area contributed by atoms with E-state index in [0.717, 1.165) is 12.8 Å².